The molecule has 0 spiro atoms. The molecule has 0 atom stereocenters. The van der Waals surface area contributed by atoms with Crippen molar-refractivity contribution in [2.75, 3.05) is 31.9 Å². The Morgan fingerprint density at radius 2 is 2.04 bits per heavy atom. The normalized spacial score (nSPS) is 21.4. The number of sulfonamides is 1. The molecule has 24 heavy (non-hydrogen) atoms. The average molecular weight is 366 g/mol. The fraction of sp³-hybridized carbons (Fsp3) is 0.400. The number of nitrogens with zero attached hydrogens (tertiary/aromatic N) is 4. The molecular formula is C15H18N4O3S2. The molecule has 0 aliphatic carbocycles. The van der Waals surface area contributed by atoms with Gasteiger partial charge in [0.2, 0.25) is 10.0 Å². The standard InChI is InChI=1S/C15H18N4O3S2/c1-2-24(21,22)19-8-6-18(7-9-19)15-17-14(20)13(23-15)10-12-4-3-5-16-11-12/h3-5,10-11H,2,6-9H2,1H3/b13-10-. The minimum absolute atomic E-state index is 0.110. The first-order chi connectivity index (χ1) is 11.5. The third-order valence-corrected chi connectivity index (χ3v) is 6.78. The van der Waals surface area contributed by atoms with Crippen LogP contribution in [0, 0.1) is 0 Å². The third-order valence-electron chi connectivity index (χ3n) is 3.86. The Morgan fingerprint density at radius 3 is 2.67 bits per heavy atom. The van der Waals surface area contributed by atoms with Crippen LogP contribution in [0.2, 0.25) is 0 Å². The summed E-state index contributed by atoms with van der Waals surface area (Å²) in [6, 6.07) is 3.69. The molecule has 9 heteroatoms. The van der Waals surface area contributed by atoms with Crippen LogP contribution in [-0.2, 0) is 14.8 Å². The number of thioether (sulfide) groups is 1. The number of amides is 1. The zero-order chi connectivity index (χ0) is 17.2. The van der Waals surface area contributed by atoms with Gasteiger partial charge in [-0.05, 0) is 36.4 Å². The van der Waals surface area contributed by atoms with E-state index in [9.17, 15) is 13.2 Å². The molecule has 3 heterocycles. The van der Waals surface area contributed by atoms with Crippen LogP contribution in [-0.4, -0.2) is 65.6 Å². The van der Waals surface area contributed by atoms with E-state index in [1.165, 1.54) is 16.1 Å². The lowest BCUT2D eigenvalue weighted by atomic mass is 10.2. The second-order valence-corrected chi connectivity index (χ2v) is 8.65. The summed E-state index contributed by atoms with van der Waals surface area (Å²) in [6.45, 7) is 3.57. The molecule has 1 saturated heterocycles. The van der Waals surface area contributed by atoms with Crippen LogP contribution in [0.15, 0.2) is 34.4 Å². The zero-order valence-electron chi connectivity index (χ0n) is 13.3. The van der Waals surface area contributed by atoms with E-state index in [1.807, 2.05) is 17.0 Å². The SMILES string of the molecule is CCS(=O)(=O)N1CCN(C2=NC(=O)/C(=C/c3cccnc3)S2)CC1. The van der Waals surface area contributed by atoms with E-state index in [2.05, 4.69) is 9.98 Å². The molecule has 1 fully saturated rings. The van der Waals surface area contributed by atoms with Crippen LogP contribution in [0.1, 0.15) is 12.5 Å². The quantitative estimate of drug-likeness (QED) is 0.743. The van der Waals surface area contributed by atoms with Gasteiger partial charge in [0.15, 0.2) is 5.17 Å². The molecule has 2 aliphatic heterocycles. The number of aliphatic imine (C=N–C) groups is 1. The molecule has 0 N–H and O–H groups in total. The number of amidine groups is 1. The number of pyridine rings is 1. The molecule has 0 saturated carbocycles. The third kappa shape index (κ3) is 3.68. The van der Waals surface area contributed by atoms with Gasteiger partial charge in [-0.15, -0.1) is 0 Å². The summed E-state index contributed by atoms with van der Waals surface area (Å²) in [5.41, 5.74) is 0.851. The topological polar surface area (TPSA) is 82.9 Å². The Kier molecular flexibility index (Phi) is 5.02. The molecule has 1 aromatic heterocycles. The summed E-state index contributed by atoms with van der Waals surface area (Å²) >= 11 is 1.33. The number of carbonyl (C=O) groups excluding carboxylic acids is 1. The van der Waals surface area contributed by atoms with Gasteiger partial charge >= 0.3 is 0 Å². The summed E-state index contributed by atoms with van der Waals surface area (Å²) < 4.78 is 25.3. The fourth-order valence-electron chi connectivity index (χ4n) is 2.49. The predicted octanol–water partition coefficient (Wildman–Crippen LogP) is 1.02. The maximum atomic E-state index is 12.1. The van der Waals surface area contributed by atoms with E-state index >= 15 is 0 Å². The van der Waals surface area contributed by atoms with Gasteiger partial charge in [0, 0.05) is 38.6 Å². The van der Waals surface area contributed by atoms with Crippen molar-refractivity contribution in [2.45, 2.75) is 6.92 Å². The minimum atomic E-state index is -3.16. The van der Waals surface area contributed by atoms with E-state index in [-0.39, 0.29) is 11.7 Å². The van der Waals surface area contributed by atoms with Gasteiger partial charge in [-0.3, -0.25) is 9.78 Å². The number of aromatic nitrogens is 1. The molecule has 3 rings (SSSR count). The van der Waals surface area contributed by atoms with Crippen LogP contribution in [0.25, 0.3) is 6.08 Å². The predicted molar refractivity (Wildman–Crippen MR) is 94.9 cm³/mol. The zero-order valence-corrected chi connectivity index (χ0v) is 14.9. The van der Waals surface area contributed by atoms with E-state index < -0.39 is 10.0 Å². The second kappa shape index (κ2) is 7.04. The maximum absolute atomic E-state index is 12.1. The lowest BCUT2D eigenvalue weighted by Crippen LogP contribution is -2.50. The molecule has 2 aliphatic rings. The van der Waals surface area contributed by atoms with Crippen LogP contribution in [0.4, 0.5) is 0 Å². The second-order valence-electron chi connectivity index (χ2n) is 5.38. The fourth-order valence-corrected chi connectivity index (χ4v) is 4.54. The first-order valence-electron chi connectivity index (χ1n) is 7.65. The molecule has 0 aromatic carbocycles. The summed E-state index contributed by atoms with van der Waals surface area (Å²) in [5.74, 6) is -0.151. The van der Waals surface area contributed by atoms with E-state index in [0.29, 0.717) is 36.3 Å². The van der Waals surface area contributed by atoms with Crippen molar-refractivity contribution in [1.29, 1.82) is 0 Å². The maximum Gasteiger partial charge on any atom is 0.286 e. The highest BCUT2D eigenvalue weighted by Gasteiger charge is 2.31. The largest absolute Gasteiger partial charge is 0.348 e. The number of piperazine rings is 1. The Labute approximate surface area is 145 Å². The van der Waals surface area contributed by atoms with Crippen LogP contribution < -0.4 is 0 Å². The lowest BCUT2D eigenvalue weighted by Gasteiger charge is -2.34. The van der Waals surface area contributed by atoms with Gasteiger partial charge in [-0.1, -0.05) is 6.07 Å². The Hall–Kier alpha value is -1.71. The van der Waals surface area contributed by atoms with E-state index in [0.717, 1.165) is 5.56 Å². The summed E-state index contributed by atoms with van der Waals surface area (Å²) in [7, 11) is -3.16. The van der Waals surface area contributed by atoms with Crippen molar-refractivity contribution in [1.82, 2.24) is 14.2 Å². The van der Waals surface area contributed by atoms with E-state index in [4.69, 9.17) is 0 Å². The Morgan fingerprint density at radius 1 is 1.29 bits per heavy atom. The van der Waals surface area contributed by atoms with E-state index in [1.54, 1.807) is 25.4 Å². The van der Waals surface area contributed by atoms with Gasteiger partial charge in [0.1, 0.15) is 0 Å². The first kappa shape index (κ1) is 17.1. The van der Waals surface area contributed by atoms with Gasteiger partial charge in [0.25, 0.3) is 5.91 Å². The van der Waals surface area contributed by atoms with Crippen molar-refractivity contribution >= 4 is 38.9 Å². The number of rotatable bonds is 3. The Balaban J connectivity index is 1.65. The van der Waals surface area contributed by atoms with Crippen molar-refractivity contribution in [3.63, 3.8) is 0 Å². The van der Waals surface area contributed by atoms with Gasteiger partial charge in [-0.25, -0.2) is 8.42 Å². The van der Waals surface area contributed by atoms with Crippen molar-refractivity contribution in [3.8, 4) is 0 Å². The van der Waals surface area contributed by atoms with Crippen LogP contribution in [0.5, 0.6) is 0 Å². The minimum Gasteiger partial charge on any atom is -0.348 e. The lowest BCUT2D eigenvalue weighted by molar-refractivity contribution is -0.113. The molecule has 0 bridgehead atoms. The highest BCUT2D eigenvalue weighted by Crippen LogP contribution is 2.30. The highest BCUT2D eigenvalue weighted by molar-refractivity contribution is 8.18. The highest BCUT2D eigenvalue weighted by atomic mass is 32.2. The average Bonchev–Trinajstić information content (AvgIpc) is 2.97. The van der Waals surface area contributed by atoms with Crippen molar-refractivity contribution < 1.29 is 13.2 Å². The molecule has 1 aromatic rings. The van der Waals surface area contributed by atoms with Gasteiger partial charge < -0.3 is 4.90 Å². The van der Waals surface area contributed by atoms with Crippen molar-refractivity contribution in [2.24, 2.45) is 4.99 Å². The molecule has 128 valence electrons. The molecule has 1 amide bonds. The first-order valence-corrected chi connectivity index (χ1v) is 10.1. The van der Waals surface area contributed by atoms with Crippen LogP contribution in [0.3, 0.4) is 0 Å². The summed E-state index contributed by atoms with van der Waals surface area (Å²) in [6.07, 6.45) is 5.14. The molecular weight excluding hydrogens is 348 g/mol. The molecule has 0 unspecified atom stereocenters. The van der Waals surface area contributed by atoms with Crippen LogP contribution >= 0.6 is 11.8 Å². The number of carbonyl (C=O) groups is 1. The van der Waals surface area contributed by atoms with Crippen molar-refractivity contribution in [3.05, 3.63) is 35.0 Å². The summed E-state index contributed by atoms with van der Waals surface area (Å²) in [5, 5.41) is 0.642. The molecule has 7 nitrogen and oxygen atoms in total. The monoisotopic (exact) mass is 366 g/mol. The number of hydrogen-bond acceptors (Lipinski definition) is 6. The summed E-state index contributed by atoms with van der Waals surface area (Å²) in [4.78, 5) is 22.7. The number of hydrogen-bond donors (Lipinski definition) is 0. The molecule has 0 radical (unpaired) electrons. The Bertz CT molecular complexity index is 782. The smallest absolute Gasteiger partial charge is 0.286 e. The van der Waals surface area contributed by atoms with Gasteiger partial charge in [-0.2, -0.15) is 9.30 Å². The van der Waals surface area contributed by atoms with Gasteiger partial charge in [0.05, 0.1) is 10.7 Å².